The van der Waals surface area contributed by atoms with Gasteiger partial charge in [0, 0.05) is 22.2 Å². The van der Waals surface area contributed by atoms with Crippen molar-refractivity contribution >= 4 is 56.5 Å². The molecule has 3 aromatic rings. The third kappa shape index (κ3) is 3.65. The summed E-state index contributed by atoms with van der Waals surface area (Å²) in [6.45, 7) is 0. The van der Waals surface area contributed by atoms with E-state index in [1.165, 1.54) is 42.5 Å². The average Bonchev–Trinajstić information content (AvgIpc) is 2.63. The Morgan fingerprint density at radius 3 is 1.93 bits per heavy atom. The molecule has 0 fully saturated rings. The molecule has 0 spiro atoms. The van der Waals surface area contributed by atoms with E-state index in [1.54, 1.807) is 0 Å². The van der Waals surface area contributed by atoms with E-state index in [4.69, 9.17) is 46.4 Å². The third-order valence-electron chi connectivity index (χ3n) is 4.41. The fraction of sp³-hybridized carbons (Fsp3) is 0.0526. The number of phenols is 2. The van der Waals surface area contributed by atoms with E-state index in [2.05, 4.69) is 0 Å². The highest BCUT2D eigenvalue weighted by Crippen LogP contribution is 2.51. The molecule has 0 aliphatic carbocycles. The van der Waals surface area contributed by atoms with Gasteiger partial charge in [0.05, 0.1) is 15.1 Å². The first-order chi connectivity index (χ1) is 13.5. The van der Waals surface area contributed by atoms with Crippen molar-refractivity contribution in [2.24, 2.45) is 0 Å². The number of hydrogen-bond acceptors (Lipinski definition) is 4. The van der Waals surface area contributed by atoms with Crippen molar-refractivity contribution in [1.29, 1.82) is 0 Å². The van der Waals surface area contributed by atoms with E-state index in [9.17, 15) is 23.2 Å². The highest BCUT2D eigenvalue weighted by atomic mass is 35.5. The molecule has 0 bridgehead atoms. The summed E-state index contributed by atoms with van der Waals surface area (Å²) in [6, 6.07) is 11.6. The first-order valence-electron chi connectivity index (χ1n) is 7.89. The van der Waals surface area contributed by atoms with Crippen LogP contribution in [0.3, 0.4) is 0 Å². The smallest absolute Gasteiger partial charge is 0.283 e. The predicted molar refractivity (Wildman–Crippen MR) is 114 cm³/mol. The standard InChI is InChI=1S/C19H12Cl4O5S/c20-11-6-4-10(5-7-11)19(29(26,27)28,12-2-1-3-16(24)18(12)23)13-8-14(21)15(22)9-17(13)25/h1-9,24-25H,(H,26,27,28). The number of benzene rings is 3. The highest BCUT2D eigenvalue weighted by Gasteiger charge is 2.51. The van der Waals surface area contributed by atoms with Crippen LogP contribution in [0.4, 0.5) is 0 Å². The molecule has 10 heteroatoms. The van der Waals surface area contributed by atoms with Gasteiger partial charge in [-0.25, -0.2) is 0 Å². The predicted octanol–water partition coefficient (Wildman–Crippen LogP) is 5.89. The van der Waals surface area contributed by atoms with Gasteiger partial charge in [-0.3, -0.25) is 4.55 Å². The fourth-order valence-electron chi connectivity index (χ4n) is 3.18. The zero-order valence-corrected chi connectivity index (χ0v) is 18.1. The second-order valence-corrected chi connectivity index (χ2v) is 9.28. The summed E-state index contributed by atoms with van der Waals surface area (Å²) in [5, 5.41) is 20.6. The molecular weight excluding hydrogens is 482 g/mol. The maximum Gasteiger partial charge on any atom is 0.283 e. The molecule has 0 aromatic heterocycles. The van der Waals surface area contributed by atoms with Crippen molar-refractivity contribution in [3.63, 3.8) is 0 Å². The van der Waals surface area contributed by atoms with Gasteiger partial charge in [0.1, 0.15) is 11.5 Å². The van der Waals surface area contributed by atoms with Gasteiger partial charge in [-0.2, -0.15) is 8.42 Å². The minimum atomic E-state index is -5.09. The SMILES string of the molecule is O=S(=O)(O)C(c1ccc(Cl)cc1)(c1cc(Cl)c(Cl)cc1O)c1cccc(O)c1Cl. The molecule has 0 radical (unpaired) electrons. The van der Waals surface area contributed by atoms with Crippen molar-refractivity contribution in [3.8, 4) is 11.5 Å². The van der Waals surface area contributed by atoms with Gasteiger partial charge in [0.15, 0.2) is 4.75 Å². The molecule has 5 nitrogen and oxygen atoms in total. The van der Waals surface area contributed by atoms with Crippen molar-refractivity contribution in [1.82, 2.24) is 0 Å². The van der Waals surface area contributed by atoms with Crippen molar-refractivity contribution < 1.29 is 23.2 Å². The summed E-state index contributed by atoms with van der Waals surface area (Å²) in [4.78, 5) is 0. The van der Waals surface area contributed by atoms with Crippen LogP contribution in [-0.4, -0.2) is 23.2 Å². The molecule has 3 aromatic carbocycles. The molecule has 29 heavy (non-hydrogen) atoms. The van der Waals surface area contributed by atoms with Gasteiger partial charge in [-0.15, -0.1) is 0 Å². The minimum absolute atomic E-state index is 0.00871. The Balaban J connectivity index is 2.61. The second-order valence-electron chi connectivity index (χ2n) is 6.09. The Morgan fingerprint density at radius 1 is 0.759 bits per heavy atom. The van der Waals surface area contributed by atoms with Gasteiger partial charge in [0.2, 0.25) is 0 Å². The monoisotopic (exact) mass is 492 g/mol. The molecule has 0 aliphatic heterocycles. The van der Waals surface area contributed by atoms with Crippen LogP contribution < -0.4 is 0 Å². The molecular formula is C19H12Cl4O5S. The van der Waals surface area contributed by atoms with Crippen LogP contribution in [0.5, 0.6) is 11.5 Å². The summed E-state index contributed by atoms with van der Waals surface area (Å²) < 4.78 is 33.9. The number of rotatable bonds is 4. The summed E-state index contributed by atoms with van der Waals surface area (Å²) in [5.41, 5.74) is -0.535. The van der Waals surface area contributed by atoms with Crippen LogP contribution in [0.15, 0.2) is 54.6 Å². The second kappa shape index (κ2) is 7.87. The van der Waals surface area contributed by atoms with Crippen molar-refractivity contribution in [2.75, 3.05) is 0 Å². The number of hydrogen-bond donors (Lipinski definition) is 3. The van der Waals surface area contributed by atoms with E-state index in [0.717, 1.165) is 12.1 Å². The number of phenolic OH excluding ortho intramolecular Hbond substituents is 2. The summed E-state index contributed by atoms with van der Waals surface area (Å²) in [7, 11) is -5.09. The quantitative estimate of drug-likeness (QED) is 0.311. The molecule has 152 valence electrons. The van der Waals surface area contributed by atoms with Crippen molar-refractivity contribution in [2.45, 2.75) is 4.75 Å². The molecule has 0 saturated carbocycles. The lowest BCUT2D eigenvalue weighted by molar-refractivity contribution is 0.439. The first kappa shape index (κ1) is 22.0. The minimum Gasteiger partial charge on any atom is -0.508 e. The van der Waals surface area contributed by atoms with Crippen molar-refractivity contribution in [3.05, 3.63) is 91.4 Å². The van der Waals surface area contributed by atoms with Gasteiger partial charge >= 0.3 is 0 Å². The van der Waals surface area contributed by atoms with E-state index in [1.807, 2.05) is 0 Å². The van der Waals surface area contributed by atoms with E-state index in [-0.39, 0.29) is 31.8 Å². The Kier molecular flexibility index (Phi) is 5.98. The highest BCUT2D eigenvalue weighted by molar-refractivity contribution is 7.87. The van der Waals surface area contributed by atoms with Crippen LogP contribution in [0.25, 0.3) is 0 Å². The Labute approximate surface area is 186 Å². The topological polar surface area (TPSA) is 94.8 Å². The molecule has 3 rings (SSSR count). The maximum absolute atomic E-state index is 12.9. The lowest BCUT2D eigenvalue weighted by Crippen LogP contribution is -2.38. The number of aromatic hydroxyl groups is 2. The third-order valence-corrected chi connectivity index (χ3v) is 7.23. The Bertz CT molecular complexity index is 1200. The zero-order valence-electron chi connectivity index (χ0n) is 14.3. The molecule has 1 atom stereocenters. The molecule has 0 aliphatic rings. The normalized spacial score (nSPS) is 13.8. The maximum atomic E-state index is 12.9. The van der Waals surface area contributed by atoms with E-state index >= 15 is 0 Å². The van der Waals surface area contributed by atoms with Crippen LogP contribution in [-0.2, 0) is 14.9 Å². The summed E-state index contributed by atoms with van der Waals surface area (Å²) >= 11 is 24.2. The lowest BCUT2D eigenvalue weighted by atomic mass is 9.83. The summed E-state index contributed by atoms with van der Waals surface area (Å²) in [6.07, 6.45) is 0. The Hall–Kier alpha value is -1.67. The fourth-order valence-corrected chi connectivity index (χ4v) is 5.27. The van der Waals surface area contributed by atoms with E-state index in [0.29, 0.717) is 5.02 Å². The Morgan fingerprint density at radius 2 is 1.34 bits per heavy atom. The van der Waals surface area contributed by atoms with Gasteiger partial charge in [0.25, 0.3) is 10.1 Å². The average molecular weight is 494 g/mol. The molecule has 1 unspecified atom stereocenters. The molecule has 0 amide bonds. The lowest BCUT2D eigenvalue weighted by Gasteiger charge is -2.34. The van der Waals surface area contributed by atoms with Crippen LogP contribution in [0.2, 0.25) is 20.1 Å². The van der Waals surface area contributed by atoms with Gasteiger partial charge < -0.3 is 10.2 Å². The van der Waals surface area contributed by atoms with Gasteiger partial charge in [-0.05, 0) is 29.8 Å². The molecule has 0 saturated heterocycles. The summed E-state index contributed by atoms with van der Waals surface area (Å²) in [5.74, 6) is -0.989. The zero-order chi connectivity index (χ0) is 21.6. The van der Waals surface area contributed by atoms with Gasteiger partial charge in [-0.1, -0.05) is 70.7 Å². The molecule has 3 N–H and O–H groups in total. The largest absolute Gasteiger partial charge is 0.508 e. The molecule has 0 heterocycles. The van der Waals surface area contributed by atoms with E-state index < -0.39 is 26.4 Å². The van der Waals surface area contributed by atoms with Crippen LogP contribution >= 0.6 is 46.4 Å². The van der Waals surface area contributed by atoms with Crippen LogP contribution in [0.1, 0.15) is 16.7 Å². The van der Waals surface area contributed by atoms with Crippen LogP contribution in [0, 0.1) is 0 Å². The number of halogens is 4. The first-order valence-corrected chi connectivity index (χ1v) is 10.8.